The lowest BCUT2D eigenvalue weighted by molar-refractivity contribution is -0.123. The minimum absolute atomic E-state index is 0.296. The van der Waals surface area contributed by atoms with Gasteiger partial charge in [-0.25, -0.2) is 4.79 Å². The summed E-state index contributed by atoms with van der Waals surface area (Å²) in [6.07, 6.45) is 0.647. The number of piperidine rings is 1. The second-order valence-corrected chi connectivity index (χ2v) is 5.27. The lowest BCUT2D eigenvalue weighted by Gasteiger charge is -2.35. The average molecular weight is 291 g/mol. The third kappa shape index (κ3) is 3.72. The predicted molar refractivity (Wildman–Crippen MR) is 80.4 cm³/mol. The Bertz CT molecular complexity index is 507. The van der Waals surface area contributed by atoms with Gasteiger partial charge in [0.25, 0.3) is 0 Å². The first-order valence-electron chi connectivity index (χ1n) is 7.18. The smallest absolute Gasteiger partial charge is 0.405 e. The van der Waals surface area contributed by atoms with Gasteiger partial charge >= 0.3 is 6.09 Å². The molecule has 1 saturated heterocycles. The summed E-state index contributed by atoms with van der Waals surface area (Å²) in [7, 11) is 0. The zero-order valence-electron chi connectivity index (χ0n) is 12.1. The molecule has 6 nitrogen and oxygen atoms in total. The number of anilines is 1. The summed E-state index contributed by atoms with van der Waals surface area (Å²) in [5, 5.41) is 17.4. The van der Waals surface area contributed by atoms with E-state index in [2.05, 4.69) is 22.9 Å². The van der Waals surface area contributed by atoms with Gasteiger partial charge in [-0.05, 0) is 50.0 Å². The molecule has 1 aliphatic heterocycles. The second kappa shape index (κ2) is 6.58. The Kier molecular flexibility index (Phi) is 4.80. The fraction of sp³-hybridized carbons (Fsp3) is 0.467. The van der Waals surface area contributed by atoms with Crippen LogP contribution in [0.15, 0.2) is 24.3 Å². The van der Waals surface area contributed by atoms with E-state index < -0.39 is 11.6 Å². The number of rotatable bonds is 4. The fourth-order valence-electron chi connectivity index (χ4n) is 2.54. The molecule has 114 valence electrons. The first kappa shape index (κ1) is 15.3. The number of carboxylic acid groups (broad SMARTS) is 1. The van der Waals surface area contributed by atoms with Crippen LogP contribution in [0.2, 0.25) is 0 Å². The Labute approximate surface area is 123 Å². The molecule has 2 amide bonds. The number of benzene rings is 1. The van der Waals surface area contributed by atoms with Crippen molar-refractivity contribution in [2.75, 3.05) is 18.4 Å². The van der Waals surface area contributed by atoms with Gasteiger partial charge in [0.15, 0.2) is 0 Å². The van der Waals surface area contributed by atoms with E-state index in [1.807, 2.05) is 24.3 Å². The predicted octanol–water partition coefficient (Wildman–Crippen LogP) is 1.58. The Morgan fingerprint density at radius 2 is 1.86 bits per heavy atom. The van der Waals surface area contributed by atoms with Crippen LogP contribution in [0, 0.1) is 0 Å². The minimum Gasteiger partial charge on any atom is -0.465 e. The van der Waals surface area contributed by atoms with Crippen LogP contribution >= 0.6 is 0 Å². The molecule has 1 aromatic rings. The Morgan fingerprint density at radius 1 is 1.24 bits per heavy atom. The highest BCUT2D eigenvalue weighted by Gasteiger charge is 2.41. The molecule has 0 saturated carbocycles. The molecular weight excluding hydrogens is 270 g/mol. The van der Waals surface area contributed by atoms with Crippen LogP contribution in [-0.2, 0) is 11.2 Å². The molecule has 0 bridgehead atoms. The number of aryl methyl sites for hydroxylation is 1. The molecular formula is C15H21N3O3. The molecule has 0 spiro atoms. The van der Waals surface area contributed by atoms with Crippen LogP contribution in [0.3, 0.4) is 0 Å². The Hall–Kier alpha value is -2.08. The lowest BCUT2D eigenvalue weighted by atomic mass is 9.87. The third-order valence-corrected chi connectivity index (χ3v) is 3.86. The van der Waals surface area contributed by atoms with Crippen LogP contribution in [0.1, 0.15) is 25.3 Å². The summed E-state index contributed by atoms with van der Waals surface area (Å²) in [4.78, 5) is 23.5. The fourth-order valence-corrected chi connectivity index (χ4v) is 2.54. The number of hydrogen-bond donors (Lipinski definition) is 4. The highest BCUT2D eigenvalue weighted by atomic mass is 16.4. The second-order valence-electron chi connectivity index (χ2n) is 5.27. The monoisotopic (exact) mass is 291 g/mol. The van der Waals surface area contributed by atoms with Gasteiger partial charge in [0, 0.05) is 5.69 Å². The van der Waals surface area contributed by atoms with Gasteiger partial charge in [-0.2, -0.15) is 0 Å². The van der Waals surface area contributed by atoms with E-state index in [1.54, 1.807) is 0 Å². The van der Waals surface area contributed by atoms with Gasteiger partial charge in [-0.1, -0.05) is 19.1 Å². The van der Waals surface area contributed by atoms with Gasteiger partial charge in [0.2, 0.25) is 5.91 Å². The molecule has 1 heterocycles. The number of amides is 2. The van der Waals surface area contributed by atoms with E-state index in [9.17, 15) is 9.59 Å². The van der Waals surface area contributed by atoms with Crippen molar-refractivity contribution in [2.24, 2.45) is 0 Å². The topological polar surface area (TPSA) is 90.5 Å². The van der Waals surface area contributed by atoms with E-state index >= 15 is 0 Å². The molecule has 0 atom stereocenters. The summed E-state index contributed by atoms with van der Waals surface area (Å²) < 4.78 is 0. The van der Waals surface area contributed by atoms with Crippen LogP contribution in [0.4, 0.5) is 10.5 Å². The molecule has 6 heteroatoms. The van der Waals surface area contributed by atoms with Crippen molar-refractivity contribution in [3.63, 3.8) is 0 Å². The van der Waals surface area contributed by atoms with Crippen LogP contribution in [0.5, 0.6) is 0 Å². The SMILES string of the molecule is CCc1ccc(NC(=O)C2(NC(=O)O)CCNCC2)cc1. The van der Waals surface area contributed by atoms with Crippen LogP contribution < -0.4 is 16.0 Å². The van der Waals surface area contributed by atoms with Crippen LogP contribution in [-0.4, -0.2) is 35.7 Å². The first-order valence-corrected chi connectivity index (χ1v) is 7.18. The minimum atomic E-state index is -1.17. The van der Waals surface area contributed by atoms with Gasteiger partial charge in [-0.3, -0.25) is 4.79 Å². The number of hydrogen-bond acceptors (Lipinski definition) is 3. The summed E-state index contributed by atoms with van der Waals surface area (Å²) in [5.41, 5.74) is 0.816. The van der Waals surface area contributed by atoms with Gasteiger partial charge < -0.3 is 21.1 Å². The highest BCUT2D eigenvalue weighted by molar-refractivity contribution is 6.00. The highest BCUT2D eigenvalue weighted by Crippen LogP contribution is 2.21. The van der Waals surface area contributed by atoms with Crippen molar-refractivity contribution >= 4 is 17.7 Å². The Balaban J connectivity index is 2.11. The average Bonchev–Trinajstić information content (AvgIpc) is 2.48. The maximum atomic E-state index is 12.5. The molecule has 1 fully saturated rings. The van der Waals surface area contributed by atoms with E-state index in [0.717, 1.165) is 6.42 Å². The van der Waals surface area contributed by atoms with Crippen molar-refractivity contribution in [3.8, 4) is 0 Å². The standard InChI is InChI=1S/C15H21N3O3/c1-2-11-3-5-12(6-4-11)17-13(19)15(18-14(20)21)7-9-16-10-8-15/h3-6,16,18H,2,7-10H2,1H3,(H,17,19)(H,20,21). The molecule has 0 radical (unpaired) electrons. The largest absolute Gasteiger partial charge is 0.465 e. The van der Waals surface area contributed by atoms with E-state index in [-0.39, 0.29) is 5.91 Å². The number of carbonyl (C=O) groups excluding carboxylic acids is 1. The van der Waals surface area contributed by atoms with E-state index in [4.69, 9.17) is 5.11 Å². The van der Waals surface area contributed by atoms with Crippen molar-refractivity contribution in [1.29, 1.82) is 0 Å². The molecule has 0 aromatic heterocycles. The molecule has 21 heavy (non-hydrogen) atoms. The molecule has 0 aliphatic carbocycles. The zero-order valence-corrected chi connectivity index (χ0v) is 12.1. The molecule has 2 rings (SSSR count). The van der Waals surface area contributed by atoms with E-state index in [0.29, 0.717) is 31.6 Å². The quantitative estimate of drug-likeness (QED) is 0.678. The molecule has 1 aromatic carbocycles. The van der Waals surface area contributed by atoms with Gasteiger partial charge in [0.05, 0.1) is 0 Å². The van der Waals surface area contributed by atoms with Crippen molar-refractivity contribution in [1.82, 2.24) is 10.6 Å². The summed E-state index contributed by atoms with van der Waals surface area (Å²) in [6.45, 7) is 3.29. The molecule has 0 unspecified atom stereocenters. The molecule has 1 aliphatic rings. The van der Waals surface area contributed by atoms with Crippen LogP contribution in [0.25, 0.3) is 0 Å². The van der Waals surface area contributed by atoms with Crippen molar-refractivity contribution in [2.45, 2.75) is 31.7 Å². The molecule has 4 N–H and O–H groups in total. The zero-order chi connectivity index (χ0) is 15.3. The number of nitrogens with one attached hydrogen (secondary N) is 3. The summed E-state index contributed by atoms with van der Waals surface area (Å²) in [5.74, 6) is -0.296. The van der Waals surface area contributed by atoms with Gasteiger partial charge in [0.1, 0.15) is 5.54 Å². The van der Waals surface area contributed by atoms with Crippen molar-refractivity contribution < 1.29 is 14.7 Å². The van der Waals surface area contributed by atoms with Gasteiger partial charge in [-0.15, -0.1) is 0 Å². The summed E-state index contributed by atoms with van der Waals surface area (Å²) >= 11 is 0. The van der Waals surface area contributed by atoms with E-state index in [1.165, 1.54) is 5.56 Å². The maximum Gasteiger partial charge on any atom is 0.405 e. The number of carbonyl (C=O) groups is 2. The Morgan fingerprint density at radius 3 is 2.38 bits per heavy atom. The summed E-state index contributed by atoms with van der Waals surface area (Å²) in [6, 6.07) is 7.59. The normalized spacial score (nSPS) is 17.0. The lowest BCUT2D eigenvalue weighted by Crippen LogP contribution is -2.61. The first-order chi connectivity index (χ1) is 10.1. The third-order valence-electron chi connectivity index (χ3n) is 3.86. The van der Waals surface area contributed by atoms with Crippen molar-refractivity contribution in [3.05, 3.63) is 29.8 Å². The maximum absolute atomic E-state index is 12.5.